The standard InChI is InChI=1S/C17H24O5/c1-2-3-4-5-6-7-8-15(17(20)21)22-14-11-9-13(10-12-14)16(18)19/h9-12,15H,2-8H2,1H3,(H,18,19)(H,20,21). The Balaban J connectivity index is 2.43. The maximum atomic E-state index is 11.2. The molecule has 0 bridgehead atoms. The Labute approximate surface area is 130 Å². The van der Waals surface area contributed by atoms with E-state index in [1.807, 2.05) is 0 Å². The Morgan fingerprint density at radius 1 is 1.00 bits per heavy atom. The number of unbranched alkanes of at least 4 members (excludes halogenated alkanes) is 5. The van der Waals surface area contributed by atoms with E-state index in [2.05, 4.69) is 6.92 Å². The van der Waals surface area contributed by atoms with Gasteiger partial charge in [-0.15, -0.1) is 0 Å². The Morgan fingerprint density at radius 2 is 1.59 bits per heavy atom. The molecule has 1 rings (SSSR count). The summed E-state index contributed by atoms with van der Waals surface area (Å²) < 4.78 is 5.45. The molecule has 1 atom stereocenters. The molecule has 0 radical (unpaired) electrons. The fourth-order valence-electron chi connectivity index (χ4n) is 2.18. The normalized spacial score (nSPS) is 11.9. The van der Waals surface area contributed by atoms with Crippen LogP contribution in [0.4, 0.5) is 0 Å². The molecule has 0 spiro atoms. The molecule has 0 amide bonds. The van der Waals surface area contributed by atoms with Crippen LogP contribution in [0.2, 0.25) is 0 Å². The average Bonchev–Trinajstić information content (AvgIpc) is 2.49. The third-order valence-corrected chi connectivity index (χ3v) is 3.47. The van der Waals surface area contributed by atoms with Crippen LogP contribution in [0.25, 0.3) is 0 Å². The molecular formula is C17H24O5. The fourth-order valence-corrected chi connectivity index (χ4v) is 2.18. The molecule has 1 aromatic rings. The van der Waals surface area contributed by atoms with Gasteiger partial charge < -0.3 is 14.9 Å². The third kappa shape index (κ3) is 6.61. The van der Waals surface area contributed by atoms with Crippen LogP contribution in [0.1, 0.15) is 62.2 Å². The highest BCUT2D eigenvalue weighted by Crippen LogP contribution is 2.17. The van der Waals surface area contributed by atoms with Crippen LogP contribution >= 0.6 is 0 Å². The summed E-state index contributed by atoms with van der Waals surface area (Å²) in [6.45, 7) is 2.16. The minimum Gasteiger partial charge on any atom is -0.479 e. The zero-order valence-corrected chi connectivity index (χ0v) is 13.0. The van der Waals surface area contributed by atoms with Crippen molar-refractivity contribution in [2.45, 2.75) is 58.0 Å². The van der Waals surface area contributed by atoms with Crippen molar-refractivity contribution in [3.63, 3.8) is 0 Å². The number of carbonyl (C=O) groups is 2. The van der Waals surface area contributed by atoms with Gasteiger partial charge in [-0.05, 0) is 37.1 Å². The fraction of sp³-hybridized carbons (Fsp3) is 0.529. The molecule has 5 nitrogen and oxygen atoms in total. The lowest BCUT2D eigenvalue weighted by atomic mass is 10.1. The molecule has 2 N–H and O–H groups in total. The molecule has 0 aliphatic carbocycles. The SMILES string of the molecule is CCCCCCCCC(Oc1ccc(C(=O)O)cc1)C(=O)O. The zero-order chi connectivity index (χ0) is 16.4. The Bertz CT molecular complexity index is 466. The van der Waals surface area contributed by atoms with Crippen molar-refractivity contribution in [2.75, 3.05) is 0 Å². The number of hydrogen-bond donors (Lipinski definition) is 2. The topological polar surface area (TPSA) is 83.8 Å². The Kier molecular flexibility index (Phi) is 8.04. The molecule has 0 saturated carbocycles. The summed E-state index contributed by atoms with van der Waals surface area (Å²) >= 11 is 0. The van der Waals surface area contributed by atoms with Crippen LogP contribution in [-0.4, -0.2) is 28.3 Å². The van der Waals surface area contributed by atoms with Gasteiger partial charge in [-0.3, -0.25) is 0 Å². The highest BCUT2D eigenvalue weighted by atomic mass is 16.5. The van der Waals surface area contributed by atoms with Crippen molar-refractivity contribution in [1.29, 1.82) is 0 Å². The molecule has 1 aromatic carbocycles. The predicted molar refractivity (Wildman–Crippen MR) is 83.4 cm³/mol. The van der Waals surface area contributed by atoms with Crippen LogP contribution in [-0.2, 0) is 4.79 Å². The first-order valence-corrected chi connectivity index (χ1v) is 7.77. The van der Waals surface area contributed by atoms with Gasteiger partial charge in [0.25, 0.3) is 0 Å². The second-order valence-electron chi connectivity index (χ2n) is 5.33. The monoisotopic (exact) mass is 308 g/mol. The van der Waals surface area contributed by atoms with E-state index in [-0.39, 0.29) is 5.56 Å². The van der Waals surface area contributed by atoms with Crippen molar-refractivity contribution >= 4 is 11.9 Å². The molecule has 1 unspecified atom stereocenters. The van der Waals surface area contributed by atoms with Gasteiger partial charge in [-0.2, -0.15) is 0 Å². The van der Waals surface area contributed by atoms with Gasteiger partial charge in [-0.25, -0.2) is 9.59 Å². The number of hydrogen-bond acceptors (Lipinski definition) is 3. The first kappa shape index (κ1) is 18.0. The maximum absolute atomic E-state index is 11.2. The van der Waals surface area contributed by atoms with Gasteiger partial charge in [0.1, 0.15) is 5.75 Å². The molecule has 22 heavy (non-hydrogen) atoms. The van der Waals surface area contributed by atoms with E-state index in [1.54, 1.807) is 0 Å². The van der Waals surface area contributed by atoms with E-state index < -0.39 is 18.0 Å². The predicted octanol–water partition coefficient (Wildman–Crippen LogP) is 3.97. The van der Waals surface area contributed by atoms with Crippen LogP contribution < -0.4 is 4.74 Å². The summed E-state index contributed by atoms with van der Waals surface area (Å²) in [6, 6.07) is 5.78. The molecule has 0 aliphatic rings. The first-order chi connectivity index (χ1) is 10.5. The molecule has 0 aromatic heterocycles. The molecule has 0 saturated heterocycles. The van der Waals surface area contributed by atoms with E-state index in [1.165, 1.54) is 43.5 Å². The van der Waals surface area contributed by atoms with Crippen LogP contribution in [0.15, 0.2) is 24.3 Å². The van der Waals surface area contributed by atoms with Crippen LogP contribution in [0.5, 0.6) is 5.75 Å². The van der Waals surface area contributed by atoms with Gasteiger partial charge in [-0.1, -0.05) is 39.0 Å². The lowest BCUT2D eigenvalue weighted by molar-refractivity contribution is -0.145. The largest absolute Gasteiger partial charge is 0.479 e. The van der Waals surface area contributed by atoms with Crippen molar-refractivity contribution in [2.24, 2.45) is 0 Å². The van der Waals surface area contributed by atoms with Gasteiger partial charge in [0.15, 0.2) is 6.10 Å². The number of carboxylic acids is 2. The number of rotatable bonds is 11. The highest BCUT2D eigenvalue weighted by Gasteiger charge is 2.19. The van der Waals surface area contributed by atoms with Gasteiger partial charge in [0, 0.05) is 0 Å². The molecule has 0 heterocycles. The van der Waals surface area contributed by atoms with E-state index in [0.29, 0.717) is 12.2 Å². The summed E-state index contributed by atoms with van der Waals surface area (Å²) in [4.78, 5) is 22.0. The van der Waals surface area contributed by atoms with Crippen molar-refractivity contribution in [3.05, 3.63) is 29.8 Å². The minimum absolute atomic E-state index is 0.148. The second kappa shape index (κ2) is 9.82. The number of aliphatic carboxylic acids is 1. The Hall–Kier alpha value is -2.04. The first-order valence-electron chi connectivity index (χ1n) is 7.77. The smallest absolute Gasteiger partial charge is 0.344 e. The molecule has 0 fully saturated rings. The van der Waals surface area contributed by atoms with Crippen molar-refractivity contribution < 1.29 is 24.5 Å². The van der Waals surface area contributed by atoms with E-state index in [4.69, 9.17) is 9.84 Å². The number of carboxylic acid groups (broad SMARTS) is 2. The lowest BCUT2D eigenvalue weighted by Gasteiger charge is -2.15. The molecule has 5 heteroatoms. The van der Waals surface area contributed by atoms with E-state index in [9.17, 15) is 14.7 Å². The summed E-state index contributed by atoms with van der Waals surface area (Å²) in [7, 11) is 0. The van der Waals surface area contributed by atoms with E-state index in [0.717, 1.165) is 19.3 Å². The number of benzene rings is 1. The average molecular weight is 308 g/mol. The Morgan fingerprint density at radius 3 is 2.14 bits per heavy atom. The van der Waals surface area contributed by atoms with Gasteiger partial charge in [0.2, 0.25) is 0 Å². The zero-order valence-electron chi connectivity index (χ0n) is 13.0. The van der Waals surface area contributed by atoms with Crippen LogP contribution in [0, 0.1) is 0 Å². The summed E-state index contributed by atoms with van der Waals surface area (Å²) in [5.41, 5.74) is 0.148. The summed E-state index contributed by atoms with van der Waals surface area (Å²) in [5, 5.41) is 18.0. The van der Waals surface area contributed by atoms with E-state index >= 15 is 0 Å². The highest BCUT2D eigenvalue weighted by molar-refractivity contribution is 5.87. The minimum atomic E-state index is -1.02. The summed E-state index contributed by atoms with van der Waals surface area (Å²) in [5.74, 6) is -1.63. The molecule has 122 valence electrons. The van der Waals surface area contributed by atoms with Crippen molar-refractivity contribution in [1.82, 2.24) is 0 Å². The summed E-state index contributed by atoms with van der Waals surface area (Å²) in [6.07, 6.45) is 6.10. The van der Waals surface area contributed by atoms with Crippen molar-refractivity contribution in [3.8, 4) is 5.75 Å². The molecule has 0 aliphatic heterocycles. The lowest BCUT2D eigenvalue weighted by Crippen LogP contribution is -2.26. The second-order valence-corrected chi connectivity index (χ2v) is 5.33. The van der Waals surface area contributed by atoms with Gasteiger partial charge >= 0.3 is 11.9 Å². The van der Waals surface area contributed by atoms with Gasteiger partial charge in [0.05, 0.1) is 5.56 Å². The quantitative estimate of drug-likeness (QED) is 0.604. The maximum Gasteiger partial charge on any atom is 0.344 e. The van der Waals surface area contributed by atoms with Crippen LogP contribution in [0.3, 0.4) is 0 Å². The third-order valence-electron chi connectivity index (χ3n) is 3.47. The number of ether oxygens (including phenoxy) is 1. The molecular weight excluding hydrogens is 284 g/mol. The number of aromatic carboxylic acids is 1.